The molecule has 2 aliphatic heterocycles. The van der Waals surface area contributed by atoms with Crippen LogP contribution in [0.1, 0.15) is 33.0 Å². The number of fused-ring (bicyclic) bond motifs is 1. The first kappa shape index (κ1) is 14.6. The van der Waals surface area contributed by atoms with Gasteiger partial charge in [0.05, 0.1) is 9.75 Å². The Bertz CT molecular complexity index is 599. The van der Waals surface area contributed by atoms with Crippen LogP contribution in [-0.4, -0.2) is 59.6 Å². The number of piperazine rings is 1. The second-order valence-corrected chi connectivity index (χ2v) is 6.72. The standard InChI is InChI=1S/C16H20N2O2S/c1-12-10-15(21-14(12)5-3-9-19)16(20)18-8-7-17-6-2-4-13(17)11-18/h10,13,19H,2,4,6-9,11H2,1H3. The van der Waals surface area contributed by atoms with E-state index in [9.17, 15) is 4.79 Å². The summed E-state index contributed by atoms with van der Waals surface area (Å²) in [5, 5.41) is 8.78. The van der Waals surface area contributed by atoms with Crippen LogP contribution in [0.3, 0.4) is 0 Å². The zero-order valence-corrected chi connectivity index (χ0v) is 13.1. The van der Waals surface area contributed by atoms with E-state index in [2.05, 4.69) is 16.7 Å². The van der Waals surface area contributed by atoms with Crippen molar-refractivity contribution in [2.75, 3.05) is 32.8 Å². The van der Waals surface area contributed by atoms with Crippen LogP contribution in [0.2, 0.25) is 0 Å². The summed E-state index contributed by atoms with van der Waals surface area (Å²) in [4.78, 5) is 18.8. The normalized spacial score (nSPS) is 21.8. The summed E-state index contributed by atoms with van der Waals surface area (Å²) in [5.41, 5.74) is 1.02. The monoisotopic (exact) mass is 304 g/mol. The van der Waals surface area contributed by atoms with Gasteiger partial charge in [-0.1, -0.05) is 11.8 Å². The summed E-state index contributed by atoms with van der Waals surface area (Å²) < 4.78 is 0. The fourth-order valence-electron chi connectivity index (χ4n) is 3.16. The molecular formula is C16H20N2O2S. The number of carbonyl (C=O) groups is 1. The van der Waals surface area contributed by atoms with Crippen LogP contribution in [0, 0.1) is 18.8 Å². The van der Waals surface area contributed by atoms with Crippen LogP contribution < -0.4 is 0 Å². The molecule has 0 bridgehead atoms. The second-order valence-electron chi connectivity index (χ2n) is 5.67. The Balaban J connectivity index is 1.73. The maximum atomic E-state index is 12.6. The third kappa shape index (κ3) is 2.98. The molecule has 1 unspecified atom stereocenters. The number of aliphatic hydroxyl groups is 1. The topological polar surface area (TPSA) is 43.8 Å². The summed E-state index contributed by atoms with van der Waals surface area (Å²) in [6, 6.07) is 2.48. The summed E-state index contributed by atoms with van der Waals surface area (Å²) in [6.07, 6.45) is 2.46. The zero-order valence-electron chi connectivity index (χ0n) is 12.3. The van der Waals surface area contributed by atoms with E-state index in [-0.39, 0.29) is 12.5 Å². The number of rotatable bonds is 1. The lowest BCUT2D eigenvalue weighted by Crippen LogP contribution is -2.51. The van der Waals surface area contributed by atoms with Crippen molar-refractivity contribution in [2.45, 2.75) is 25.8 Å². The predicted molar refractivity (Wildman–Crippen MR) is 83.5 cm³/mol. The first-order chi connectivity index (χ1) is 10.2. The Morgan fingerprint density at radius 1 is 1.48 bits per heavy atom. The van der Waals surface area contributed by atoms with Gasteiger partial charge < -0.3 is 10.0 Å². The zero-order chi connectivity index (χ0) is 14.8. The number of thiophene rings is 1. The highest BCUT2D eigenvalue weighted by molar-refractivity contribution is 7.14. The first-order valence-electron chi connectivity index (χ1n) is 7.42. The fourth-order valence-corrected chi connectivity index (χ4v) is 4.18. The minimum absolute atomic E-state index is 0.131. The number of aliphatic hydroxyl groups excluding tert-OH is 1. The molecule has 2 saturated heterocycles. The van der Waals surface area contributed by atoms with Crippen LogP contribution in [0.15, 0.2) is 6.07 Å². The largest absolute Gasteiger partial charge is 0.384 e. The fraction of sp³-hybridized carbons (Fsp3) is 0.562. The maximum absolute atomic E-state index is 12.6. The number of hydrogen-bond donors (Lipinski definition) is 1. The van der Waals surface area contributed by atoms with Crippen molar-refractivity contribution >= 4 is 17.2 Å². The summed E-state index contributed by atoms with van der Waals surface area (Å²) in [7, 11) is 0. The number of aryl methyl sites for hydroxylation is 1. The van der Waals surface area contributed by atoms with Crippen molar-refractivity contribution in [3.63, 3.8) is 0 Å². The van der Waals surface area contributed by atoms with E-state index in [0.717, 1.165) is 35.0 Å². The van der Waals surface area contributed by atoms with E-state index in [1.54, 1.807) is 0 Å². The quantitative estimate of drug-likeness (QED) is 0.796. The number of hydrogen-bond acceptors (Lipinski definition) is 4. The van der Waals surface area contributed by atoms with Crippen molar-refractivity contribution in [3.05, 3.63) is 21.4 Å². The molecule has 1 aromatic heterocycles. The van der Waals surface area contributed by atoms with Crippen LogP contribution in [0.25, 0.3) is 0 Å². The van der Waals surface area contributed by atoms with Gasteiger partial charge >= 0.3 is 0 Å². The van der Waals surface area contributed by atoms with Crippen molar-refractivity contribution in [1.29, 1.82) is 0 Å². The molecule has 1 aromatic rings. The SMILES string of the molecule is Cc1cc(C(=O)N2CCN3CCCC3C2)sc1C#CCO. The van der Waals surface area contributed by atoms with E-state index >= 15 is 0 Å². The van der Waals surface area contributed by atoms with Crippen molar-refractivity contribution in [2.24, 2.45) is 0 Å². The van der Waals surface area contributed by atoms with Gasteiger partial charge in [0, 0.05) is 25.7 Å². The molecule has 1 amide bonds. The van der Waals surface area contributed by atoms with Gasteiger partial charge in [-0.25, -0.2) is 0 Å². The van der Waals surface area contributed by atoms with Gasteiger partial charge in [-0.3, -0.25) is 9.69 Å². The molecule has 112 valence electrons. The van der Waals surface area contributed by atoms with Crippen molar-refractivity contribution in [3.8, 4) is 11.8 Å². The smallest absolute Gasteiger partial charge is 0.264 e. The van der Waals surface area contributed by atoms with Gasteiger partial charge in [0.1, 0.15) is 6.61 Å². The Labute approximate surface area is 129 Å². The molecule has 2 aliphatic rings. The minimum Gasteiger partial charge on any atom is -0.384 e. The van der Waals surface area contributed by atoms with E-state index < -0.39 is 0 Å². The molecule has 3 heterocycles. The first-order valence-corrected chi connectivity index (χ1v) is 8.24. The average Bonchev–Trinajstić information content (AvgIpc) is 3.10. The van der Waals surface area contributed by atoms with Crippen molar-refractivity contribution in [1.82, 2.24) is 9.80 Å². The number of nitrogens with zero attached hydrogens (tertiary/aromatic N) is 2. The lowest BCUT2D eigenvalue weighted by Gasteiger charge is -2.37. The molecule has 5 heteroatoms. The third-order valence-corrected chi connectivity index (χ3v) is 5.42. The van der Waals surface area contributed by atoms with Crippen LogP contribution in [-0.2, 0) is 0 Å². The molecule has 21 heavy (non-hydrogen) atoms. The van der Waals surface area contributed by atoms with Crippen LogP contribution in [0.4, 0.5) is 0 Å². The lowest BCUT2D eigenvalue weighted by atomic mass is 10.1. The van der Waals surface area contributed by atoms with Crippen LogP contribution >= 0.6 is 11.3 Å². The third-order valence-electron chi connectivity index (χ3n) is 4.28. The Kier molecular flexibility index (Phi) is 4.29. The molecule has 0 aliphatic carbocycles. The van der Waals surface area contributed by atoms with E-state index in [1.165, 1.54) is 30.7 Å². The van der Waals surface area contributed by atoms with Gasteiger partial charge in [0.25, 0.3) is 5.91 Å². The maximum Gasteiger partial charge on any atom is 0.264 e. The van der Waals surface area contributed by atoms with Gasteiger partial charge in [-0.05, 0) is 37.9 Å². The molecule has 0 aromatic carbocycles. The highest BCUT2D eigenvalue weighted by Crippen LogP contribution is 2.26. The highest BCUT2D eigenvalue weighted by atomic mass is 32.1. The summed E-state index contributed by atoms with van der Waals surface area (Å²) in [6.45, 7) is 5.68. The van der Waals surface area contributed by atoms with E-state index in [4.69, 9.17) is 5.11 Å². The summed E-state index contributed by atoms with van der Waals surface area (Å²) >= 11 is 1.44. The Morgan fingerprint density at radius 3 is 3.14 bits per heavy atom. The number of carbonyl (C=O) groups excluding carboxylic acids is 1. The van der Waals surface area contributed by atoms with E-state index in [0.29, 0.717) is 6.04 Å². The summed E-state index contributed by atoms with van der Waals surface area (Å²) in [5.74, 6) is 5.70. The Morgan fingerprint density at radius 2 is 2.33 bits per heavy atom. The highest BCUT2D eigenvalue weighted by Gasteiger charge is 2.33. The van der Waals surface area contributed by atoms with Crippen molar-refractivity contribution < 1.29 is 9.90 Å². The average molecular weight is 304 g/mol. The lowest BCUT2D eigenvalue weighted by molar-refractivity contribution is 0.0576. The molecule has 0 spiro atoms. The minimum atomic E-state index is -0.149. The van der Waals surface area contributed by atoms with Gasteiger partial charge in [-0.2, -0.15) is 0 Å². The van der Waals surface area contributed by atoms with E-state index in [1.807, 2.05) is 17.9 Å². The van der Waals surface area contributed by atoms with Crippen LogP contribution in [0.5, 0.6) is 0 Å². The molecule has 0 radical (unpaired) electrons. The molecule has 0 saturated carbocycles. The molecular weight excluding hydrogens is 284 g/mol. The molecule has 3 rings (SSSR count). The number of amides is 1. The van der Waals surface area contributed by atoms with Gasteiger partial charge in [0.15, 0.2) is 0 Å². The molecule has 1 N–H and O–H groups in total. The molecule has 4 nitrogen and oxygen atoms in total. The van der Waals surface area contributed by atoms with Gasteiger partial charge in [0.2, 0.25) is 0 Å². The molecule has 1 atom stereocenters. The van der Waals surface area contributed by atoms with Gasteiger partial charge in [-0.15, -0.1) is 11.3 Å². The Hall–Kier alpha value is -1.35. The molecule has 2 fully saturated rings. The predicted octanol–water partition coefficient (Wildman–Crippen LogP) is 1.32. The second kappa shape index (κ2) is 6.18.